The molecule has 1 N–H and O–H groups in total. The SMILES string of the molecule is O=C(N[C@@H]1CCCc2ccccc21)C1CCN(S(=O)(=O)c2ccccc2)CC1. The van der Waals surface area contributed by atoms with E-state index in [0.29, 0.717) is 30.8 Å². The third-order valence-corrected chi connectivity index (χ3v) is 7.80. The van der Waals surface area contributed by atoms with Gasteiger partial charge in [0.15, 0.2) is 0 Å². The van der Waals surface area contributed by atoms with Crippen LogP contribution in [-0.2, 0) is 21.2 Å². The number of hydrogen-bond acceptors (Lipinski definition) is 3. The van der Waals surface area contributed by atoms with E-state index < -0.39 is 10.0 Å². The molecule has 5 nitrogen and oxygen atoms in total. The van der Waals surface area contributed by atoms with Crippen LogP contribution in [0.15, 0.2) is 59.5 Å². The molecular weight excluding hydrogens is 372 g/mol. The zero-order valence-corrected chi connectivity index (χ0v) is 16.7. The minimum Gasteiger partial charge on any atom is -0.349 e. The van der Waals surface area contributed by atoms with Gasteiger partial charge in [-0.1, -0.05) is 42.5 Å². The van der Waals surface area contributed by atoms with Crippen LogP contribution in [0.4, 0.5) is 0 Å². The average Bonchev–Trinajstić information content (AvgIpc) is 2.75. The Hall–Kier alpha value is -2.18. The highest BCUT2D eigenvalue weighted by Crippen LogP contribution is 2.31. The number of aryl methyl sites for hydroxylation is 1. The minimum atomic E-state index is -3.48. The number of carbonyl (C=O) groups is 1. The molecule has 148 valence electrons. The molecule has 28 heavy (non-hydrogen) atoms. The minimum absolute atomic E-state index is 0.0541. The van der Waals surface area contributed by atoms with Gasteiger partial charge in [0.2, 0.25) is 15.9 Å². The Balaban J connectivity index is 1.37. The summed E-state index contributed by atoms with van der Waals surface area (Å²) in [6.45, 7) is 0.771. The quantitative estimate of drug-likeness (QED) is 0.859. The number of rotatable bonds is 4. The summed E-state index contributed by atoms with van der Waals surface area (Å²) in [5.41, 5.74) is 2.55. The van der Waals surface area contributed by atoms with Gasteiger partial charge in [-0.25, -0.2) is 8.42 Å². The fraction of sp³-hybridized carbons (Fsp3) is 0.409. The molecule has 2 aliphatic rings. The molecule has 0 saturated carbocycles. The van der Waals surface area contributed by atoms with Gasteiger partial charge in [0.25, 0.3) is 0 Å². The molecule has 2 aromatic carbocycles. The lowest BCUT2D eigenvalue weighted by atomic mass is 9.87. The summed E-state index contributed by atoms with van der Waals surface area (Å²) >= 11 is 0. The van der Waals surface area contributed by atoms with Crippen LogP contribution in [0.2, 0.25) is 0 Å². The van der Waals surface area contributed by atoms with Crippen molar-refractivity contribution < 1.29 is 13.2 Å². The van der Waals surface area contributed by atoms with Crippen LogP contribution in [-0.4, -0.2) is 31.7 Å². The zero-order chi connectivity index (χ0) is 19.6. The van der Waals surface area contributed by atoms with Gasteiger partial charge in [0.05, 0.1) is 10.9 Å². The Morgan fingerprint density at radius 2 is 1.61 bits per heavy atom. The maximum atomic E-state index is 12.8. The van der Waals surface area contributed by atoms with E-state index in [1.165, 1.54) is 15.4 Å². The van der Waals surface area contributed by atoms with E-state index >= 15 is 0 Å². The molecule has 1 atom stereocenters. The number of sulfonamides is 1. The van der Waals surface area contributed by atoms with Gasteiger partial charge in [0.1, 0.15) is 0 Å². The first-order valence-corrected chi connectivity index (χ1v) is 11.4. The summed E-state index contributed by atoms with van der Waals surface area (Å²) in [6.07, 6.45) is 4.23. The maximum absolute atomic E-state index is 12.8. The van der Waals surface area contributed by atoms with Crippen molar-refractivity contribution in [1.82, 2.24) is 9.62 Å². The Bertz CT molecular complexity index is 935. The summed E-state index contributed by atoms with van der Waals surface area (Å²) in [6, 6.07) is 16.9. The number of benzene rings is 2. The number of nitrogens with one attached hydrogen (secondary N) is 1. The van der Waals surface area contributed by atoms with Crippen molar-refractivity contribution in [2.24, 2.45) is 5.92 Å². The lowest BCUT2D eigenvalue weighted by molar-refractivity contribution is -0.127. The van der Waals surface area contributed by atoms with Crippen LogP contribution < -0.4 is 5.32 Å². The summed E-state index contributed by atoms with van der Waals surface area (Å²) in [7, 11) is -3.48. The highest BCUT2D eigenvalue weighted by Gasteiger charge is 2.33. The van der Waals surface area contributed by atoms with Crippen LogP contribution in [0, 0.1) is 5.92 Å². The Morgan fingerprint density at radius 3 is 2.36 bits per heavy atom. The molecular formula is C22H26N2O3S. The summed E-state index contributed by atoms with van der Waals surface area (Å²) in [4.78, 5) is 13.1. The van der Waals surface area contributed by atoms with E-state index in [9.17, 15) is 13.2 Å². The molecule has 4 rings (SSSR count). The van der Waals surface area contributed by atoms with E-state index in [-0.39, 0.29) is 17.9 Å². The fourth-order valence-electron chi connectivity index (χ4n) is 4.29. The standard InChI is InChI=1S/C22H26N2O3S/c25-22(23-21-12-6-8-17-7-4-5-11-20(17)21)18-13-15-24(16-14-18)28(26,27)19-9-2-1-3-10-19/h1-5,7,9-11,18,21H,6,8,12-16H2,(H,23,25)/t21-/m1/s1. The van der Waals surface area contributed by atoms with Gasteiger partial charge in [-0.2, -0.15) is 4.31 Å². The third kappa shape index (κ3) is 3.84. The van der Waals surface area contributed by atoms with Crippen LogP contribution in [0.5, 0.6) is 0 Å². The number of fused-ring (bicyclic) bond motifs is 1. The predicted molar refractivity (Wildman–Crippen MR) is 108 cm³/mol. The van der Waals surface area contributed by atoms with Gasteiger partial charge < -0.3 is 5.32 Å². The molecule has 0 bridgehead atoms. The maximum Gasteiger partial charge on any atom is 0.243 e. The first kappa shape index (κ1) is 19.2. The van der Waals surface area contributed by atoms with Gasteiger partial charge in [-0.05, 0) is 55.4 Å². The van der Waals surface area contributed by atoms with Crippen molar-refractivity contribution >= 4 is 15.9 Å². The van der Waals surface area contributed by atoms with Crippen LogP contribution in [0.25, 0.3) is 0 Å². The molecule has 1 aliphatic carbocycles. The number of hydrogen-bond donors (Lipinski definition) is 1. The second kappa shape index (κ2) is 8.05. The van der Waals surface area contributed by atoms with Crippen molar-refractivity contribution in [3.63, 3.8) is 0 Å². The highest BCUT2D eigenvalue weighted by molar-refractivity contribution is 7.89. The molecule has 2 aromatic rings. The molecule has 6 heteroatoms. The second-order valence-corrected chi connectivity index (χ2v) is 9.58. The Morgan fingerprint density at radius 1 is 0.929 bits per heavy atom. The van der Waals surface area contributed by atoms with Crippen LogP contribution >= 0.6 is 0 Å². The number of piperidine rings is 1. The number of carbonyl (C=O) groups excluding carboxylic acids is 1. The summed E-state index contributed by atoms with van der Waals surface area (Å²) in [5.74, 6) is -0.0743. The third-order valence-electron chi connectivity index (χ3n) is 5.89. The molecule has 0 radical (unpaired) electrons. The van der Waals surface area contributed by atoms with E-state index in [4.69, 9.17) is 0 Å². The van der Waals surface area contributed by atoms with Crippen molar-refractivity contribution in [3.8, 4) is 0 Å². The highest BCUT2D eigenvalue weighted by atomic mass is 32.2. The van der Waals surface area contributed by atoms with Crippen molar-refractivity contribution in [2.45, 2.75) is 43.0 Å². The van der Waals surface area contributed by atoms with E-state index in [1.54, 1.807) is 30.3 Å². The average molecular weight is 399 g/mol. The largest absolute Gasteiger partial charge is 0.349 e. The fourth-order valence-corrected chi connectivity index (χ4v) is 5.78. The molecule has 0 unspecified atom stereocenters. The molecule has 0 aromatic heterocycles. The smallest absolute Gasteiger partial charge is 0.243 e. The molecule has 1 amide bonds. The predicted octanol–water partition coefficient (Wildman–Crippen LogP) is 3.28. The molecule has 0 spiro atoms. The van der Waals surface area contributed by atoms with Crippen molar-refractivity contribution in [3.05, 3.63) is 65.7 Å². The van der Waals surface area contributed by atoms with Crippen molar-refractivity contribution in [2.75, 3.05) is 13.1 Å². The molecule has 1 fully saturated rings. The van der Waals surface area contributed by atoms with Crippen molar-refractivity contribution in [1.29, 1.82) is 0 Å². The second-order valence-electron chi connectivity index (χ2n) is 7.64. The lowest BCUT2D eigenvalue weighted by Crippen LogP contribution is -2.44. The monoisotopic (exact) mass is 398 g/mol. The topological polar surface area (TPSA) is 66.5 Å². The normalized spacial score (nSPS) is 21.1. The summed E-state index contributed by atoms with van der Waals surface area (Å²) < 4.78 is 27.0. The molecule has 1 heterocycles. The van der Waals surface area contributed by atoms with Crippen LogP contribution in [0.3, 0.4) is 0 Å². The Labute approximate surface area is 166 Å². The molecule has 1 aliphatic heterocycles. The van der Waals surface area contributed by atoms with Gasteiger partial charge in [-0.3, -0.25) is 4.79 Å². The zero-order valence-electron chi connectivity index (χ0n) is 15.9. The van der Waals surface area contributed by atoms with Gasteiger partial charge in [-0.15, -0.1) is 0 Å². The van der Waals surface area contributed by atoms with Gasteiger partial charge >= 0.3 is 0 Å². The van der Waals surface area contributed by atoms with Gasteiger partial charge in [0, 0.05) is 19.0 Å². The lowest BCUT2D eigenvalue weighted by Gasteiger charge is -2.32. The summed E-state index contributed by atoms with van der Waals surface area (Å²) in [5, 5.41) is 3.22. The van der Waals surface area contributed by atoms with Crippen LogP contribution in [0.1, 0.15) is 42.9 Å². The van der Waals surface area contributed by atoms with E-state index in [1.807, 2.05) is 12.1 Å². The van der Waals surface area contributed by atoms with E-state index in [0.717, 1.165) is 19.3 Å². The Kier molecular flexibility index (Phi) is 5.51. The van der Waals surface area contributed by atoms with E-state index in [2.05, 4.69) is 17.4 Å². The first-order valence-electron chi connectivity index (χ1n) is 9.99. The first-order chi connectivity index (χ1) is 13.6. The number of amides is 1. The number of nitrogens with zero attached hydrogens (tertiary/aromatic N) is 1. The molecule has 1 saturated heterocycles.